The van der Waals surface area contributed by atoms with Gasteiger partial charge >= 0.3 is 5.97 Å². The van der Waals surface area contributed by atoms with Gasteiger partial charge in [-0.25, -0.2) is 0 Å². The van der Waals surface area contributed by atoms with E-state index in [4.69, 9.17) is 4.74 Å². The summed E-state index contributed by atoms with van der Waals surface area (Å²) in [4.78, 5) is 25.2. The van der Waals surface area contributed by atoms with E-state index in [-0.39, 0.29) is 23.2 Å². The van der Waals surface area contributed by atoms with Crippen LogP contribution < -0.4 is 0 Å². The zero-order valence-electron chi connectivity index (χ0n) is 19.7. The predicted octanol–water partition coefficient (Wildman–Crippen LogP) is 4.45. The summed E-state index contributed by atoms with van der Waals surface area (Å²) in [6.45, 7) is 11.6. The van der Waals surface area contributed by atoms with E-state index in [9.17, 15) is 19.8 Å². The lowest BCUT2D eigenvalue weighted by Gasteiger charge is -2.48. The molecule has 2 rings (SSSR count). The van der Waals surface area contributed by atoms with Crippen molar-refractivity contribution in [3.63, 3.8) is 0 Å². The van der Waals surface area contributed by atoms with Gasteiger partial charge in [-0.05, 0) is 70.4 Å². The van der Waals surface area contributed by atoms with Gasteiger partial charge < -0.3 is 14.9 Å². The Morgan fingerprint density at radius 1 is 1.29 bits per heavy atom. The lowest BCUT2D eigenvalue weighted by atomic mass is 9.58. The van der Waals surface area contributed by atoms with E-state index < -0.39 is 24.1 Å². The molecule has 172 valence electrons. The Balaban J connectivity index is 2.03. The molecule has 31 heavy (non-hydrogen) atoms. The number of aliphatic hydroxyl groups excluding tert-OH is 2. The molecule has 0 aromatic carbocycles. The Bertz CT molecular complexity index is 797. The van der Waals surface area contributed by atoms with Crippen molar-refractivity contribution in [2.24, 2.45) is 17.3 Å². The highest BCUT2D eigenvalue weighted by Crippen LogP contribution is 2.52. The number of ether oxygens (including phenoxy) is 1. The third-order valence-corrected chi connectivity index (χ3v) is 6.93. The first-order valence-electron chi connectivity index (χ1n) is 11.3. The molecule has 6 atom stereocenters. The molecule has 0 aromatic rings. The topological polar surface area (TPSA) is 83.8 Å². The molecule has 0 heterocycles. The van der Waals surface area contributed by atoms with Crippen LogP contribution in [-0.4, -0.2) is 40.3 Å². The number of allylic oxidation sites excluding steroid dienone is 6. The van der Waals surface area contributed by atoms with Crippen LogP contribution in [0.1, 0.15) is 67.2 Å². The normalized spacial score (nSPS) is 29.5. The Morgan fingerprint density at radius 2 is 1.97 bits per heavy atom. The fourth-order valence-corrected chi connectivity index (χ4v) is 4.43. The van der Waals surface area contributed by atoms with E-state index in [1.54, 1.807) is 38.2 Å². The van der Waals surface area contributed by atoms with Crippen LogP contribution in [0.5, 0.6) is 0 Å². The Morgan fingerprint density at radius 3 is 2.58 bits per heavy atom. The fraction of sp³-hybridized carbons (Fsp3) is 0.615. The number of hydrogen-bond acceptors (Lipinski definition) is 5. The van der Waals surface area contributed by atoms with Crippen LogP contribution in [0.2, 0.25) is 0 Å². The Labute approximate surface area is 186 Å². The number of fused-ring (bicyclic) bond motifs is 1. The van der Waals surface area contributed by atoms with E-state index in [2.05, 4.69) is 13.8 Å². The van der Waals surface area contributed by atoms with Crippen LogP contribution in [0.15, 0.2) is 47.1 Å². The molecule has 0 saturated heterocycles. The van der Waals surface area contributed by atoms with Crippen LogP contribution in [-0.2, 0) is 14.3 Å². The first kappa shape index (κ1) is 25.3. The zero-order valence-corrected chi connectivity index (χ0v) is 19.7. The van der Waals surface area contributed by atoms with Crippen molar-refractivity contribution in [2.45, 2.75) is 85.5 Å². The first-order chi connectivity index (χ1) is 14.5. The highest BCUT2D eigenvalue weighted by Gasteiger charge is 2.47. The number of rotatable bonds is 7. The van der Waals surface area contributed by atoms with E-state index in [1.807, 2.05) is 19.9 Å². The van der Waals surface area contributed by atoms with Gasteiger partial charge in [-0.1, -0.05) is 49.3 Å². The van der Waals surface area contributed by atoms with Crippen LogP contribution in [0.25, 0.3) is 0 Å². The Kier molecular flexibility index (Phi) is 8.61. The third-order valence-electron chi connectivity index (χ3n) is 6.93. The summed E-state index contributed by atoms with van der Waals surface area (Å²) in [7, 11) is 0. The molecule has 5 heteroatoms. The maximum absolute atomic E-state index is 12.7. The molecule has 6 unspecified atom stereocenters. The van der Waals surface area contributed by atoms with Gasteiger partial charge in [0.25, 0.3) is 0 Å². The lowest BCUT2D eigenvalue weighted by molar-refractivity contribution is -0.162. The van der Waals surface area contributed by atoms with Crippen molar-refractivity contribution in [3.8, 4) is 0 Å². The summed E-state index contributed by atoms with van der Waals surface area (Å²) in [5.41, 5.74) is 2.85. The second-order valence-corrected chi connectivity index (χ2v) is 9.59. The van der Waals surface area contributed by atoms with E-state index in [1.165, 1.54) is 0 Å². The van der Waals surface area contributed by atoms with Gasteiger partial charge in [0.05, 0.1) is 18.1 Å². The van der Waals surface area contributed by atoms with E-state index in [0.29, 0.717) is 19.3 Å². The second-order valence-electron chi connectivity index (χ2n) is 9.59. The molecule has 2 aliphatic rings. The number of esters is 1. The molecule has 0 spiro atoms. The number of carbonyl (C=O) groups excluding carboxylic acids is 2. The van der Waals surface area contributed by atoms with Crippen LogP contribution in [0, 0.1) is 17.3 Å². The minimum Gasteiger partial charge on any atom is -0.462 e. The number of ketones is 1. The predicted molar refractivity (Wildman–Crippen MR) is 122 cm³/mol. The van der Waals surface area contributed by atoms with Gasteiger partial charge in [-0.3, -0.25) is 9.59 Å². The van der Waals surface area contributed by atoms with Crippen molar-refractivity contribution in [2.75, 3.05) is 0 Å². The molecule has 5 nitrogen and oxygen atoms in total. The summed E-state index contributed by atoms with van der Waals surface area (Å²) in [5.74, 6) is -0.907. The molecule has 2 N–H and O–H groups in total. The van der Waals surface area contributed by atoms with E-state index >= 15 is 0 Å². The third kappa shape index (κ3) is 6.05. The molecule has 0 aliphatic heterocycles. The van der Waals surface area contributed by atoms with Crippen molar-refractivity contribution in [1.82, 2.24) is 0 Å². The van der Waals surface area contributed by atoms with Gasteiger partial charge in [-0.2, -0.15) is 0 Å². The van der Waals surface area contributed by atoms with Crippen LogP contribution >= 0.6 is 0 Å². The molecule has 0 radical (unpaired) electrons. The molecule has 0 aromatic heterocycles. The van der Waals surface area contributed by atoms with E-state index in [0.717, 1.165) is 23.1 Å². The smallest absolute Gasteiger partial charge is 0.311 e. The molecule has 1 fully saturated rings. The molecule has 0 bridgehead atoms. The van der Waals surface area contributed by atoms with Crippen molar-refractivity contribution in [3.05, 3.63) is 47.1 Å². The quantitative estimate of drug-likeness (QED) is 0.354. The van der Waals surface area contributed by atoms with Crippen molar-refractivity contribution in [1.29, 1.82) is 0 Å². The van der Waals surface area contributed by atoms with Crippen LogP contribution in [0.3, 0.4) is 0 Å². The second kappa shape index (κ2) is 10.6. The van der Waals surface area contributed by atoms with Gasteiger partial charge in [0, 0.05) is 5.92 Å². The fourth-order valence-electron chi connectivity index (χ4n) is 4.43. The molecular weight excluding hydrogens is 392 g/mol. The van der Waals surface area contributed by atoms with Gasteiger partial charge in [-0.15, -0.1) is 0 Å². The summed E-state index contributed by atoms with van der Waals surface area (Å²) < 4.78 is 5.87. The molecule has 1 saturated carbocycles. The highest BCUT2D eigenvalue weighted by molar-refractivity contribution is 6.06. The van der Waals surface area contributed by atoms with Crippen molar-refractivity contribution >= 4 is 11.8 Å². The minimum atomic E-state index is -0.946. The summed E-state index contributed by atoms with van der Waals surface area (Å²) in [5, 5.41) is 19.6. The summed E-state index contributed by atoms with van der Waals surface area (Å²) >= 11 is 0. The average molecular weight is 431 g/mol. The standard InChI is InChI=1S/C26H38O5/c1-16(2)21-15-26(6)19(5)24(13-12-20(26)14-23(21)29)31-25(30)18(4)22(28)11-9-7-8-10-17(3)27/h7-9,11,14,17-19,22,24,27-28H,10,12-13,15H2,1-6H3. The Hall–Kier alpha value is -1.98. The lowest BCUT2D eigenvalue weighted by Crippen LogP contribution is -2.45. The number of aliphatic hydroxyl groups is 2. The molecular formula is C26H38O5. The van der Waals surface area contributed by atoms with Gasteiger partial charge in [0.2, 0.25) is 0 Å². The highest BCUT2D eigenvalue weighted by atomic mass is 16.5. The molecule has 2 aliphatic carbocycles. The van der Waals surface area contributed by atoms with Gasteiger partial charge in [0.1, 0.15) is 6.10 Å². The first-order valence-corrected chi connectivity index (χ1v) is 11.3. The minimum absolute atomic E-state index is 0.0715. The van der Waals surface area contributed by atoms with Gasteiger partial charge in [0.15, 0.2) is 5.78 Å². The van der Waals surface area contributed by atoms with Crippen molar-refractivity contribution < 1.29 is 24.5 Å². The number of carbonyl (C=O) groups is 2. The maximum atomic E-state index is 12.7. The number of hydrogen-bond donors (Lipinski definition) is 2. The maximum Gasteiger partial charge on any atom is 0.311 e. The summed E-state index contributed by atoms with van der Waals surface area (Å²) in [6.07, 6.45) is 9.63. The SMILES string of the molecule is CC(C)=C1CC2(C)C(=CC1=O)CCC(OC(=O)C(C)C(O)C=CC=CCC(C)O)C2C. The monoisotopic (exact) mass is 430 g/mol. The largest absolute Gasteiger partial charge is 0.462 e. The zero-order chi connectivity index (χ0) is 23.3. The van der Waals surface area contributed by atoms with Crippen LogP contribution in [0.4, 0.5) is 0 Å². The molecule has 0 amide bonds. The summed E-state index contributed by atoms with van der Waals surface area (Å²) in [6, 6.07) is 0. The average Bonchev–Trinajstić information content (AvgIpc) is 2.70.